The molecule has 2 rings (SSSR count). The third kappa shape index (κ3) is 2.51. The highest BCUT2D eigenvalue weighted by Crippen LogP contribution is 2.27. The largest absolute Gasteiger partial charge is 0.476 e. The summed E-state index contributed by atoms with van der Waals surface area (Å²) in [6.07, 6.45) is -0.311. The van der Waals surface area contributed by atoms with E-state index in [9.17, 15) is 4.79 Å². The number of ether oxygens (including phenoxy) is 1. The molecule has 0 spiro atoms. The summed E-state index contributed by atoms with van der Waals surface area (Å²) in [5, 5.41) is 11.0. The van der Waals surface area contributed by atoms with Crippen molar-refractivity contribution < 1.29 is 14.6 Å². The van der Waals surface area contributed by atoms with E-state index in [1.165, 1.54) is 16.7 Å². The first-order valence-electron chi connectivity index (χ1n) is 4.99. The standard InChI is InChI=1S/C12H11NO3S/c1-16-10(8-5-3-2-4-6-8)11-13-9(7-17-11)12(14)15/h2-7,10H,1H3,(H,14,15). The van der Waals surface area contributed by atoms with Crippen molar-refractivity contribution in [2.75, 3.05) is 7.11 Å². The van der Waals surface area contributed by atoms with Gasteiger partial charge in [0.2, 0.25) is 0 Å². The molecule has 0 amide bonds. The van der Waals surface area contributed by atoms with E-state index in [1.807, 2.05) is 30.3 Å². The third-order valence-electron chi connectivity index (χ3n) is 2.30. The number of aromatic carboxylic acids is 1. The Morgan fingerprint density at radius 3 is 2.65 bits per heavy atom. The van der Waals surface area contributed by atoms with E-state index >= 15 is 0 Å². The van der Waals surface area contributed by atoms with Crippen LogP contribution in [0.5, 0.6) is 0 Å². The summed E-state index contributed by atoms with van der Waals surface area (Å²) in [5.74, 6) is -1.02. The molecule has 1 aromatic carbocycles. The zero-order valence-electron chi connectivity index (χ0n) is 9.16. The minimum atomic E-state index is -1.02. The predicted molar refractivity (Wildman–Crippen MR) is 64.4 cm³/mol. The van der Waals surface area contributed by atoms with Gasteiger partial charge in [0.1, 0.15) is 11.1 Å². The maximum atomic E-state index is 10.8. The molecule has 0 fully saturated rings. The molecule has 1 heterocycles. The Kier molecular flexibility index (Phi) is 3.51. The summed E-state index contributed by atoms with van der Waals surface area (Å²) in [6.45, 7) is 0. The van der Waals surface area contributed by atoms with E-state index in [1.54, 1.807) is 7.11 Å². The van der Waals surface area contributed by atoms with E-state index in [0.29, 0.717) is 5.01 Å². The molecule has 17 heavy (non-hydrogen) atoms. The second-order valence-electron chi connectivity index (χ2n) is 3.40. The molecular weight excluding hydrogens is 238 g/mol. The molecule has 0 bridgehead atoms. The van der Waals surface area contributed by atoms with E-state index in [0.717, 1.165) is 5.56 Å². The molecule has 4 nitrogen and oxygen atoms in total. The minimum Gasteiger partial charge on any atom is -0.476 e. The number of benzene rings is 1. The number of methoxy groups -OCH3 is 1. The molecule has 0 aliphatic rings. The Balaban J connectivity index is 2.32. The number of carboxylic acids is 1. The fraction of sp³-hybridized carbons (Fsp3) is 0.167. The second-order valence-corrected chi connectivity index (χ2v) is 4.29. The lowest BCUT2D eigenvalue weighted by atomic mass is 10.1. The Morgan fingerprint density at radius 1 is 1.41 bits per heavy atom. The van der Waals surface area contributed by atoms with Crippen LogP contribution in [0.15, 0.2) is 35.7 Å². The van der Waals surface area contributed by atoms with Crippen molar-refractivity contribution >= 4 is 17.3 Å². The average Bonchev–Trinajstić information content (AvgIpc) is 2.81. The third-order valence-corrected chi connectivity index (χ3v) is 3.19. The summed E-state index contributed by atoms with van der Waals surface area (Å²) >= 11 is 1.29. The van der Waals surface area contributed by atoms with Gasteiger partial charge in [0.05, 0.1) is 0 Å². The average molecular weight is 249 g/mol. The van der Waals surface area contributed by atoms with Crippen LogP contribution in [0.2, 0.25) is 0 Å². The highest BCUT2D eigenvalue weighted by Gasteiger charge is 2.18. The topological polar surface area (TPSA) is 59.4 Å². The number of carboxylic acid groups (broad SMARTS) is 1. The monoisotopic (exact) mass is 249 g/mol. The molecule has 5 heteroatoms. The summed E-state index contributed by atoms with van der Waals surface area (Å²) in [7, 11) is 1.58. The molecule has 0 aliphatic carbocycles. The highest BCUT2D eigenvalue weighted by molar-refractivity contribution is 7.09. The van der Waals surface area contributed by atoms with Crippen LogP contribution in [0.25, 0.3) is 0 Å². The van der Waals surface area contributed by atoms with Crippen LogP contribution in [-0.4, -0.2) is 23.2 Å². The molecule has 0 saturated carbocycles. The molecule has 1 unspecified atom stereocenters. The zero-order valence-corrected chi connectivity index (χ0v) is 9.98. The number of aromatic nitrogens is 1. The Hall–Kier alpha value is -1.72. The zero-order chi connectivity index (χ0) is 12.3. The number of rotatable bonds is 4. The van der Waals surface area contributed by atoms with Gasteiger partial charge in [-0.2, -0.15) is 0 Å². The molecule has 1 aromatic heterocycles. The van der Waals surface area contributed by atoms with E-state index < -0.39 is 5.97 Å². The van der Waals surface area contributed by atoms with Crippen LogP contribution in [0.1, 0.15) is 27.2 Å². The smallest absolute Gasteiger partial charge is 0.355 e. The lowest BCUT2D eigenvalue weighted by Crippen LogP contribution is -2.04. The van der Waals surface area contributed by atoms with Crippen molar-refractivity contribution in [3.63, 3.8) is 0 Å². The van der Waals surface area contributed by atoms with Crippen LogP contribution < -0.4 is 0 Å². The molecule has 88 valence electrons. The van der Waals surface area contributed by atoms with Crippen LogP contribution in [0, 0.1) is 0 Å². The van der Waals surface area contributed by atoms with Crippen LogP contribution in [0.4, 0.5) is 0 Å². The van der Waals surface area contributed by atoms with Gasteiger partial charge in [-0.3, -0.25) is 0 Å². The molecular formula is C12H11NO3S. The Morgan fingerprint density at radius 2 is 2.12 bits per heavy atom. The fourth-order valence-corrected chi connectivity index (χ4v) is 2.41. The number of carbonyl (C=O) groups is 1. The van der Waals surface area contributed by atoms with Crippen molar-refractivity contribution in [3.05, 3.63) is 52.0 Å². The van der Waals surface area contributed by atoms with Gasteiger partial charge < -0.3 is 9.84 Å². The lowest BCUT2D eigenvalue weighted by molar-refractivity contribution is 0.0690. The van der Waals surface area contributed by atoms with E-state index in [4.69, 9.17) is 9.84 Å². The van der Waals surface area contributed by atoms with Crippen LogP contribution in [-0.2, 0) is 4.74 Å². The second kappa shape index (κ2) is 5.07. The summed E-state index contributed by atoms with van der Waals surface area (Å²) < 4.78 is 5.37. The molecule has 0 radical (unpaired) electrons. The van der Waals surface area contributed by atoms with Crippen molar-refractivity contribution in [3.8, 4) is 0 Å². The van der Waals surface area contributed by atoms with Gasteiger partial charge in [-0.25, -0.2) is 9.78 Å². The van der Waals surface area contributed by atoms with Crippen LogP contribution in [0.3, 0.4) is 0 Å². The van der Waals surface area contributed by atoms with Gasteiger partial charge in [-0.15, -0.1) is 11.3 Å². The number of hydrogen-bond donors (Lipinski definition) is 1. The van der Waals surface area contributed by atoms with Crippen molar-refractivity contribution in [2.45, 2.75) is 6.10 Å². The SMILES string of the molecule is COC(c1ccccc1)c1nc(C(=O)O)cs1. The summed E-state index contributed by atoms with van der Waals surface area (Å²) in [4.78, 5) is 14.8. The fourth-order valence-electron chi connectivity index (χ4n) is 1.51. The minimum absolute atomic E-state index is 0.0583. The molecule has 0 saturated heterocycles. The Bertz CT molecular complexity index is 509. The quantitative estimate of drug-likeness (QED) is 0.904. The number of thiazole rings is 1. The summed E-state index contributed by atoms with van der Waals surface area (Å²) in [6, 6.07) is 9.59. The first kappa shape index (κ1) is 11.8. The van der Waals surface area contributed by atoms with E-state index in [-0.39, 0.29) is 11.8 Å². The van der Waals surface area contributed by atoms with Crippen molar-refractivity contribution in [2.24, 2.45) is 0 Å². The van der Waals surface area contributed by atoms with Crippen LogP contribution >= 0.6 is 11.3 Å². The maximum absolute atomic E-state index is 10.8. The van der Waals surface area contributed by atoms with Gasteiger partial charge in [0.15, 0.2) is 5.69 Å². The molecule has 1 N–H and O–H groups in total. The van der Waals surface area contributed by atoms with Gasteiger partial charge in [-0.1, -0.05) is 30.3 Å². The molecule has 1 atom stereocenters. The first-order chi connectivity index (χ1) is 8.22. The maximum Gasteiger partial charge on any atom is 0.355 e. The van der Waals surface area contributed by atoms with Gasteiger partial charge in [-0.05, 0) is 5.56 Å². The molecule has 2 aromatic rings. The van der Waals surface area contributed by atoms with Gasteiger partial charge in [0, 0.05) is 12.5 Å². The van der Waals surface area contributed by atoms with Crippen molar-refractivity contribution in [1.82, 2.24) is 4.98 Å². The number of nitrogens with zero attached hydrogens (tertiary/aromatic N) is 1. The highest BCUT2D eigenvalue weighted by atomic mass is 32.1. The summed E-state index contributed by atoms with van der Waals surface area (Å²) in [5.41, 5.74) is 1.02. The normalized spacial score (nSPS) is 12.3. The first-order valence-corrected chi connectivity index (χ1v) is 5.87. The van der Waals surface area contributed by atoms with E-state index in [2.05, 4.69) is 4.98 Å². The Labute approximate surface area is 103 Å². The van der Waals surface area contributed by atoms with Gasteiger partial charge >= 0.3 is 5.97 Å². The molecule has 0 aliphatic heterocycles. The van der Waals surface area contributed by atoms with Gasteiger partial charge in [0.25, 0.3) is 0 Å². The predicted octanol–water partition coefficient (Wildman–Crippen LogP) is 2.58. The number of hydrogen-bond acceptors (Lipinski definition) is 4. The van der Waals surface area contributed by atoms with Crippen molar-refractivity contribution in [1.29, 1.82) is 0 Å². The lowest BCUT2D eigenvalue weighted by Gasteiger charge is -2.12.